The Hall–Kier alpha value is -1.81. The van der Waals surface area contributed by atoms with Crippen molar-refractivity contribution < 1.29 is 9.90 Å². The molecule has 3 rings (SSSR count). The largest absolute Gasteiger partial charge is 0.478 e. The van der Waals surface area contributed by atoms with Crippen LogP contribution in [-0.2, 0) is 6.42 Å². The minimum absolute atomic E-state index is 0.285. The molecule has 1 aliphatic rings. The van der Waals surface area contributed by atoms with Crippen molar-refractivity contribution in [3.05, 3.63) is 51.2 Å². The number of anilines is 1. The summed E-state index contributed by atoms with van der Waals surface area (Å²) in [6, 6.07) is 8.06. The number of carbonyl (C=O) groups is 1. The van der Waals surface area contributed by atoms with Crippen molar-refractivity contribution in [3.8, 4) is 0 Å². The van der Waals surface area contributed by atoms with Crippen LogP contribution in [0.15, 0.2) is 29.6 Å². The number of aryl methyl sites for hydroxylation is 1. The van der Waals surface area contributed by atoms with Gasteiger partial charge in [0.25, 0.3) is 0 Å². The lowest BCUT2D eigenvalue weighted by atomic mass is 9.95. The number of rotatable bonds is 3. The van der Waals surface area contributed by atoms with Crippen LogP contribution in [0.1, 0.15) is 45.7 Å². The van der Waals surface area contributed by atoms with Gasteiger partial charge in [-0.3, -0.25) is 0 Å². The van der Waals surface area contributed by atoms with Gasteiger partial charge in [-0.1, -0.05) is 6.07 Å². The van der Waals surface area contributed by atoms with Crippen molar-refractivity contribution in [2.75, 3.05) is 11.4 Å². The Morgan fingerprint density at radius 3 is 2.86 bits per heavy atom. The molecule has 0 aliphatic carbocycles. The van der Waals surface area contributed by atoms with Crippen molar-refractivity contribution >= 4 is 23.0 Å². The third kappa shape index (κ3) is 2.44. The summed E-state index contributed by atoms with van der Waals surface area (Å²) in [5.41, 5.74) is 3.83. The van der Waals surface area contributed by atoms with Gasteiger partial charge in [-0.15, -0.1) is 11.3 Å². The second kappa shape index (κ2) is 5.53. The number of fused-ring (bicyclic) bond motifs is 1. The highest BCUT2D eigenvalue weighted by Gasteiger charge is 2.26. The normalized spacial score (nSPS) is 15.6. The SMILES string of the molecule is Cc1ccsc1C(C)N1CCCc2c(C(=O)O)cccc21. The van der Waals surface area contributed by atoms with Crippen LogP contribution < -0.4 is 4.90 Å². The quantitative estimate of drug-likeness (QED) is 0.920. The number of benzene rings is 1. The van der Waals surface area contributed by atoms with Crippen LogP contribution in [0.3, 0.4) is 0 Å². The Morgan fingerprint density at radius 2 is 2.19 bits per heavy atom. The van der Waals surface area contributed by atoms with Crippen molar-refractivity contribution in [2.45, 2.75) is 32.7 Å². The van der Waals surface area contributed by atoms with E-state index in [0.717, 1.165) is 30.6 Å². The lowest BCUT2D eigenvalue weighted by molar-refractivity contribution is 0.0695. The van der Waals surface area contributed by atoms with Crippen LogP contribution in [0.2, 0.25) is 0 Å². The number of hydrogen-bond acceptors (Lipinski definition) is 3. The van der Waals surface area contributed by atoms with Gasteiger partial charge in [0.2, 0.25) is 0 Å². The topological polar surface area (TPSA) is 40.5 Å². The fourth-order valence-corrected chi connectivity index (χ4v) is 4.21. The maximum Gasteiger partial charge on any atom is 0.336 e. The third-order valence-corrected chi connectivity index (χ3v) is 5.45. The number of aromatic carboxylic acids is 1. The van der Waals surface area contributed by atoms with Gasteiger partial charge < -0.3 is 10.0 Å². The summed E-state index contributed by atoms with van der Waals surface area (Å²) in [6.45, 7) is 5.33. The molecule has 1 N–H and O–H groups in total. The molecule has 0 saturated carbocycles. The van der Waals surface area contributed by atoms with Crippen molar-refractivity contribution in [1.82, 2.24) is 0 Å². The Balaban J connectivity index is 2.03. The maximum atomic E-state index is 11.4. The molecule has 0 spiro atoms. The van der Waals surface area contributed by atoms with E-state index < -0.39 is 5.97 Å². The molecule has 1 aromatic heterocycles. The van der Waals surface area contributed by atoms with E-state index in [1.54, 1.807) is 17.4 Å². The first-order chi connectivity index (χ1) is 10.1. The van der Waals surface area contributed by atoms with E-state index in [-0.39, 0.29) is 6.04 Å². The highest BCUT2D eigenvalue weighted by molar-refractivity contribution is 7.10. The number of carboxylic acids is 1. The first-order valence-electron chi connectivity index (χ1n) is 7.25. The molecular weight excluding hydrogens is 282 g/mol. The highest BCUT2D eigenvalue weighted by atomic mass is 32.1. The van der Waals surface area contributed by atoms with Crippen LogP contribution in [0, 0.1) is 6.92 Å². The summed E-state index contributed by atoms with van der Waals surface area (Å²) < 4.78 is 0. The zero-order valence-corrected chi connectivity index (χ0v) is 13.1. The summed E-state index contributed by atoms with van der Waals surface area (Å²) in [4.78, 5) is 15.1. The Labute approximate surface area is 128 Å². The van der Waals surface area contributed by atoms with Crippen LogP contribution in [0.5, 0.6) is 0 Å². The Bertz CT molecular complexity index is 677. The van der Waals surface area contributed by atoms with Gasteiger partial charge in [-0.05, 0) is 61.4 Å². The zero-order chi connectivity index (χ0) is 15.0. The number of hydrogen-bond donors (Lipinski definition) is 1. The zero-order valence-electron chi connectivity index (χ0n) is 12.3. The maximum absolute atomic E-state index is 11.4. The van der Waals surface area contributed by atoms with Crippen molar-refractivity contribution in [2.24, 2.45) is 0 Å². The van der Waals surface area contributed by atoms with Gasteiger partial charge in [0.1, 0.15) is 0 Å². The second-order valence-corrected chi connectivity index (χ2v) is 6.50. The average molecular weight is 301 g/mol. The van der Waals surface area contributed by atoms with Crippen LogP contribution in [0.4, 0.5) is 5.69 Å². The second-order valence-electron chi connectivity index (χ2n) is 5.55. The van der Waals surface area contributed by atoms with Gasteiger partial charge >= 0.3 is 5.97 Å². The molecule has 0 radical (unpaired) electrons. The standard InChI is InChI=1S/C17H19NO2S/c1-11-8-10-21-16(11)12(2)18-9-4-6-13-14(17(19)20)5-3-7-15(13)18/h3,5,7-8,10,12H,4,6,9H2,1-2H3,(H,19,20). The molecule has 21 heavy (non-hydrogen) atoms. The lowest BCUT2D eigenvalue weighted by Gasteiger charge is -2.36. The molecule has 0 amide bonds. The molecule has 0 bridgehead atoms. The van der Waals surface area contributed by atoms with Gasteiger partial charge in [0.15, 0.2) is 0 Å². The minimum Gasteiger partial charge on any atom is -0.478 e. The molecule has 3 nitrogen and oxygen atoms in total. The summed E-state index contributed by atoms with van der Waals surface area (Å²) in [5.74, 6) is -0.825. The minimum atomic E-state index is -0.825. The molecule has 110 valence electrons. The summed E-state index contributed by atoms with van der Waals surface area (Å²) in [7, 11) is 0. The van der Waals surface area contributed by atoms with E-state index in [1.807, 2.05) is 6.07 Å². The van der Waals surface area contributed by atoms with Crippen LogP contribution in [0.25, 0.3) is 0 Å². The van der Waals surface area contributed by atoms with E-state index in [9.17, 15) is 9.90 Å². The molecule has 4 heteroatoms. The predicted octanol–water partition coefficient (Wildman–Crippen LogP) is 4.27. The molecule has 0 fully saturated rings. The molecule has 1 unspecified atom stereocenters. The highest BCUT2D eigenvalue weighted by Crippen LogP contribution is 2.37. The predicted molar refractivity (Wildman–Crippen MR) is 86.5 cm³/mol. The fourth-order valence-electron chi connectivity index (χ4n) is 3.21. The van der Waals surface area contributed by atoms with E-state index >= 15 is 0 Å². The smallest absolute Gasteiger partial charge is 0.336 e. The van der Waals surface area contributed by atoms with Crippen LogP contribution >= 0.6 is 11.3 Å². The molecule has 0 saturated heterocycles. The van der Waals surface area contributed by atoms with Gasteiger partial charge in [0.05, 0.1) is 11.6 Å². The molecule has 2 aromatic rings. The van der Waals surface area contributed by atoms with Crippen LogP contribution in [-0.4, -0.2) is 17.6 Å². The van der Waals surface area contributed by atoms with Gasteiger partial charge in [-0.2, -0.15) is 0 Å². The first kappa shape index (κ1) is 14.1. The van der Waals surface area contributed by atoms with E-state index in [4.69, 9.17) is 0 Å². The van der Waals surface area contributed by atoms with Gasteiger partial charge in [0, 0.05) is 17.1 Å². The lowest BCUT2D eigenvalue weighted by Crippen LogP contribution is -2.32. The molecule has 1 aliphatic heterocycles. The summed E-state index contributed by atoms with van der Waals surface area (Å²) >= 11 is 1.78. The monoisotopic (exact) mass is 301 g/mol. The van der Waals surface area contributed by atoms with Gasteiger partial charge in [-0.25, -0.2) is 4.79 Å². The Morgan fingerprint density at radius 1 is 1.38 bits per heavy atom. The summed E-state index contributed by atoms with van der Waals surface area (Å²) in [6.07, 6.45) is 1.86. The summed E-state index contributed by atoms with van der Waals surface area (Å²) in [5, 5.41) is 11.5. The Kier molecular flexibility index (Phi) is 3.72. The first-order valence-corrected chi connectivity index (χ1v) is 8.13. The number of thiophene rings is 1. The van der Waals surface area contributed by atoms with E-state index in [1.165, 1.54) is 10.4 Å². The fraction of sp³-hybridized carbons (Fsp3) is 0.353. The average Bonchev–Trinajstić information content (AvgIpc) is 2.91. The van der Waals surface area contributed by atoms with Crippen molar-refractivity contribution in [1.29, 1.82) is 0 Å². The number of nitrogens with zero attached hydrogens (tertiary/aromatic N) is 1. The molecular formula is C17H19NO2S. The van der Waals surface area contributed by atoms with Crippen molar-refractivity contribution in [3.63, 3.8) is 0 Å². The number of carboxylic acid groups (broad SMARTS) is 1. The molecule has 1 aromatic carbocycles. The molecule has 1 atom stereocenters. The van der Waals surface area contributed by atoms with E-state index in [2.05, 4.69) is 36.3 Å². The van der Waals surface area contributed by atoms with E-state index in [0.29, 0.717) is 5.56 Å². The third-order valence-electron chi connectivity index (χ3n) is 4.27. The molecule has 2 heterocycles.